The van der Waals surface area contributed by atoms with E-state index in [0.717, 1.165) is 18.5 Å². The summed E-state index contributed by atoms with van der Waals surface area (Å²) in [6.45, 7) is 2.14. The van der Waals surface area contributed by atoms with E-state index in [1.807, 2.05) is 0 Å². The number of carbonyl (C=O) groups excluding carboxylic acids is 1. The number of carbonyl (C=O) groups is 1. The summed E-state index contributed by atoms with van der Waals surface area (Å²) in [5.41, 5.74) is 1.48. The first kappa shape index (κ1) is 19.6. The van der Waals surface area contributed by atoms with E-state index in [0.29, 0.717) is 36.6 Å². The van der Waals surface area contributed by atoms with Gasteiger partial charge in [0.05, 0.1) is 10.6 Å². The molecule has 156 valence electrons. The van der Waals surface area contributed by atoms with Crippen LogP contribution in [-0.2, 0) is 6.42 Å². The molecule has 2 atom stereocenters. The fourth-order valence-corrected chi connectivity index (χ4v) is 4.99. The van der Waals surface area contributed by atoms with Gasteiger partial charge in [-0.15, -0.1) is 0 Å². The molecule has 0 radical (unpaired) electrons. The molecular formula is C21H19Cl2FN4O2. The van der Waals surface area contributed by atoms with Crippen LogP contribution in [0, 0.1) is 11.7 Å². The van der Waals surface area contributed by atoms with Crippen molar-refractivity contribution >= 4 is 34.6 Å². The third-order valence-corrected chi connectivity index (χ3v) is 6.71. The van der Waals surface area contributed by atoms with E-state index in [2.05, 4.69) is 10.3 Å². The summed E-state index contributed by atoms with van der Waals surface area (Å²) in [5, 5.41) is 3.91. The Morgan fingerprint density at radius 1 is 1.23 bits per heavy atom. The maximum atomic E-state index is 14.5. The van der Waals surface area contributed by atoms with Crippen molar-refractivity contribution in [3.63, 3.8) is 0 Å². The summed E-state index contributed by atoms with van der Waals surface area (Å²) in [6, 6.07) is 6.31. The first-order valence-electron chi connectivity index (χ1n) is 9.79. The average Bonchev–Trinajstić information content (AvgIpc) is 3.23. The number of hydrogen-bond donors (Lipinski definition) is 2. The summed E-state index contributed by atoms with van der Waals surface area (Å²) in [4.78, 5) is 29.5. The van der Waals surface area contributed by atoms with Crippen LogP contribution in [-0.4, -0.2) is 45.9 Å². The van der Waals surface area contributed by atoms with Crippen molar-refractivity contribution in [1.29, 1.82) is 0 Å². The molecule has 2 saturated heterocycles. The lowest BCUT2D eigenvalue weighted by Crippen LogP contribution is -2.44. The number of aromatic amines is 1. The Balaban J connectivity index is 1.47. The van der Waals surface area contributed by atoms with Crippen molar-refractivity contribution in [2.45, 2.75) is 18.9 Å². The van der Waals surface area contributed by atoms with Gasteiger partial charge < -0.3 is 15.2 Å². The minimum absolute atomic E-state index is 0.0612. The highest BCUT2D eigenvalue weighted by atomic mass is 35.5. The number of benzene rings is 1. The summed E-state index contributed by atoms with van der Waals surface area (Å²) in [6.07, 6.45) is 2.95. The number of H-pyrrole nitrogens is 1. The van der Waals surface area contributed by atoms with Crippen LogP contribution in [0.2, 0.25) is 10.2 Å². The van der Waals surface area contributed by atoms with Gasteiger partial charge in [0.2, 0.25) is 0 Å². The van der Waals surface area contributed by atoms with Crippen molar-refractivity contribution in [3.8, 4) is 0 Å². The molecule has 1 amide bonds. The van der Waals surface area contributed by atoms with Crippen LogP contribution in [0.5, 0.6) is 0 Å². The number of hydrogen-bond acceptors (Lipinski definition) is 3. The third-order valence-electron chi connectivity index (χ3n) is 5.95. The lowest BCUT2D eigenvalue weighted by molar-refractivity contribution is 0.0687. The predicted molar refractivity (Wildman–Crippen MR) is 113 cm³/mol. The van der Waals surface area contributed by atoms with E-state index in [4.69, 9.17) is 23.2 Å². The van der Waals surface area contributed by atoms with E-state index in [1.54, 1.807) is 27.6 Å². The van der Waals surface area contributed by atoms with Gasteiger partial charge in [-0.25, -0.2) is 4.39 Å². The number of halogens is 3. The van der Waals surface area contributed by atoms with Crippen molar-refractivity contribution in [2.75, 3.05) is 19.6 Å². The summed E-state index contributed by atoms with van der Waals surface area (Å²) in [5.74, 6) is -0.404. The van der Waals surface area contributed by atoms with Crippen LogP contribution >= 0.6 is 23.2 Å². The van der Waals surface area contributed by atoms with Gasteiger partial charge in [0.25, 0.3) is 11.5 Å². The van der Waals surface area contributed by atoms with Crippen LogP contribution in [0.3, 0.4) is 0 Å². The molecule has 2 aliphatic rings. The molecule has 1 aromatic carbocycles. The number of aromatic nitrogens is 2. The minimum atomic E-state index is -0.539. The quantitative estimate of drug-likeness (QED) is 0.646. The number of amides is 1. The van der Waals surface area contributed by atoms with Crippen LogP contribution in [0.25, 0.3) is 5.52 Å². The first-order valence-corrected chi connectivity index (χ1v) is 10.5. The molecule has 5 rings (SSSR count). The number of nitrogens with one attached hydrogen (secondary N) is 2. The zero-order chi connectivity index (χ0) is 21.0. The lowest BCUT2D eigenvalue weighted by atomic mass is 9.98. The molecule has 0 saturated carbocycles. The van der Waals surface area contributed by atoms with Crippen molar-refractivity contribution in [3.05, 3.63) is 73.6 Å². The predicted octanol–water partition coefficient (Wildman–Crippen LogP) is 3.10. The topological polar surface area (TPSA) is 69.6 Å². The summed E-state index contributed by atoms with van der Waals surface area (Å²) in [7, 11) is 0. The second-order valence-corrected chi connectivity index (χ2v) is 8.79. The number of piperidine rings is 1. The Hall–Kier alpha value is -2.35. The summed E-state index contributed by atoms with van der Waals surface area (Å²) < 4.78 is 16.1. The number of rotatable bonds is 3. The zero-order valence-corrected chi connectivity index (χ0v) is 17.4. The smallest absolute Gasteiger partial charge is 0.272 e. The van der Waals surface area contributed by atoms with Gasteiger partial charge in [0.1, 0.15) is 16.5 Å². The Labute approximate surface area is 181 Å². The Morgan fingerprint density at radius 2 is 2.07 bits per heavy atom. The molecule has 2 aromatic heterocycles. The molecule has 2 bridgehead atoms. The van der Waals surface area contributed by atoms with Gasteiger partial charge in [0, 0.05) is 44.0 Å². The molecule has 0 spiro atoms. The van der Waals surface area contributed by atoms with E-state index >= 15 is 0 Å². The van der Waals surface area contributed by atoms with Crippen LogP contribution in [0.1, 0.15) is 28.0 Å². The molecule has 2 aliphatic heterocycles. The molecule has 2 fully saturated rings. The second kappa shape index (κ2) is 7.41. The van der Waals surface area contributed by atoms with Gasteiger partial charge in [-0.2, -0.15) is 0 Å². The molecule has 3 aromatic rings. The number of fused-ring (bicyclic) bond motifs is 3. The molecule has 9 heteroatoms. The van der Waals surface area contributed by atoms with Gasteiger partial charge >= 0.3 is 0 Å². The maximum Gasteiger partial charge on any atom is 0.272 e. The fourth-order valence-electron chi connectivity index (χ4n) is 4.55. The Morgan fingerprint density at radius 3 is 2.87 bits per heavy atom. The monoisotopic (exact) mass is 448 g/mol. The largest absolute Gasteiger partial charge is 0.337 e. The standard InChI is InChI=1S/C21H19Cl2FN4O2/c22-16-6-18-20(29)26-8-14(28(18)19(16)23)4-11-1-2-17(24)15(5-11)21(30)27-9-12-3-13(10-27)25-7-12/h1-2,5-6,8,12-13,25H,3-4,7,9-10H2,(H,26,29)/t12-,13+/m0/s1. The van der Waals surface area contributed by atoms with Crippen molar-refractivity contribution < 1.29 is 9.18 Å². The van der Waals surface area contributed by atoms with Crippen LogP contribution in [0.4, 0.5) is 4.39 Å². The molecule has 0 unspecified atom stereocenters. The number of nitrogens with zero attached hydrogens (tertiary/aromatic N) is 2. The van der Waals surface area contributed by atoms with Gasteiger partial charge in [-0.1, -0.05) is 29.3 Å². The van der Waals surface area contributed by atoms with E-state index in [9.17, 15) is 14.0 Å². The summed E-state index contributed by atoms with van der Waals surface area (Å²) >= 11 is 12.4. The van der Waals surface area contributed by atoms with Crippen molar-refractivity contribution in [1.82, 2.24) is 19.6 Å². The highest BCUT2D eigenvalue weighted by Gasteiger charge is 2.35. The van der Waals surface area contributed by atoms with E-state index in [-0.39, 0.29) is 33.2 Å². The zero-order valence-electron chi connectivity index (χ0n) is 15.9. The highest BCUT2D eigenvalue weighted by molar-refractivity contribution is 6.42. The maximum absolute atomic E-state index is 14.5. The molecule has 6 nitrogen and oxygen atoms in total. The fraction of sp³-hybridized carbons (Fsp3) is 0.333. The first-order chi connectivity index (χ1) is 14.4. The average molecular weight is 449 g/mol. The highest BCUT2D eigenvalue weighted by Crippen LogP contribution is 2.28. The SMILES string of the molecule is O=C(c1cc(Cc2c[nH]c(=O)c3cc(Cl)c(Cl)n23)ccc1F)N1C[C@@H]2CN[C@H](C2)C1. The Kier molecular flexibility index (Phi) is 4.84. The van der Waals surface area contributed by atoms with Gasteiger partial charge in [-0.05, 0) is 36.1 Å². The van der Waals surface area contributed by atoms with Gasteiger partial charge in [0.15, 0.2) is 0 Å². The molecule has 2 N–H and O–H groups in total. The van der Waals surface area contributed by atoms with Crippen LogP contribution < -0.4 is 10.9 Å². The van der Waals surface area contributed by atoms with Gasteiger partial charge in [-0.3, -0.25) is 14.0 Å². The number of likely N-dealkylation sites (tertiary alicyclic amines) is 1. The third kappa shape index (κ3) is 3.31. The second-order valence-electron chi connectivity index (χ2n) is 8.02. The van der Waals surface area contributed by atoms with Crippen LogP contribution in [0.15, 0.2) is 35.3 Å². The normalized spacial score (nSPS) is 20.8. The Bertz CT molecular complexity index is 1210. The molecular weight excluding hydrogens is 430 g/mol. The van der Waals surface area contributed by atoms with E-state index in [1.165, 1.54) is 12.1 Å². The van der Waals surface area contributed by atoms with E-state index < -0.39 is 5.82 Å². The molecule has 30 heavy (non-hydrogen) atoms. The molecule has 4 heterocycles. The van der Waals surface area contributed by atoms with Crippen molar-refractivity contribution in [2.24, 2.45) is 5.92 Å². The lowest BCUT2D eigenvalue weighted by Gasteiger charge is -2.31. The molecule has 0 aliphatic carbocycles. The minimum Gasteiger partial charge on any atom is -0.337 e.